The molecule has 3 saturated heterocycles. The minimum absolute atomic E-state index is 0.0281. The van der Waals surface area contributed by atoms with Crippen LogP contribution in [0, 0.1) is 31.1 Å². The summed E-state index contributed by atoms with van der Waals surface area (Å²) >= 11 is 1.98. The number of aryl methyl sites for hydroxylation is 2. The highest BCUT2D eigenvalue weighted by Crippen LogP contribution is 2.55. The van der Waals surface area contributed by atoms with Gasteiger partial charge in [-0.2, -0.15) is 0 Å². The van der Waals surface area contributed by atoms with E-state index in [2.05, 4.69) is 71.0 Å². The molecule has 0 radical (unpaired) electrons. The zero-order valence-electron chi connectivity index (χ0n) is 26.7. The van der Waals surface area contributed by atoms with E-state index in [0.29, 0.717) is 22.6 Å². The third kappa shape index (κ3) is 6.36. The number of hydrogen-bond donors (Lipinski definition) is 3. The topological polar surface area (TPSA) is 51.8 Å². The zero-order valence-corrected chi connectivity index (χ0v) is 27.6. The molecule has 3 aliphatic heterocycles. The minimum Gasteiger partial charge on any atom is -0.357 e. The van der Waals surface area contributed by atoms with Crippen LogP contribution >= 0.6 is 11.9 Å². The predicted molar refractivity (Wildman–Crippen MR) is 174 cm³/mol. The van der Waals surface area contributed by atoms with Crippen LogP contribution in [-0.2, 0) is 4.74 Å². The fourth-order valence-corrected chi connectivity index (χ4v) is 11.0. The molecule has 1 aromatic carbocycles. The summed E-state index contributed by atoms with van der Waals surface area (Å²) in [5, 5.41) is 8.50. The van der Waals surface area contributed by atoms with Gasteiger partial charge in [0.15, 0.2) is 0 Å². The molecule has 1 aromatic rings. The Labute approximate surface area is 260 Å². The van der Waals surface area contributed by atoms with Gasteiger partial charge in [0.2, 0.25) is 0 Å². The van der Waals surface area contributed by atoms with Crippen molar-refractivity contribution < 1.29 is 4.74 Å². The van der Waals surface area contributed by atoms with Gasteiger partial charge in [0, 0.05) is 56.0 Å². The largest absolute Gasteiger partial charge is 0.357 e. The Morgan fingerprint density at radius 1 is 0.905 bits per heavy atom. The number of fused-ring (bicyclic) bond motifs is 6. The highest BCUT2D eigenvalue weighted by atomic mass is 32.2. The van der Waals surface area contributed by atoms with Crippen molar-refractivity contribution >= 4 is 11.9 Å². The average Bonchev–Trinajstić information content (AvgIpc) is 3.36. The van der Waals surface area contributed by atoms with Gasteiger partial charge in [0.1, 0.15) is 12.5 Å². The minimum atomic E-state index is 0.0281. The Hall–Kier alpha value is -0.670. The summed E-state index contributed by atoms with van der Waals surface area (Å²) in [7, 11) is 0. The van der Waals surface area contributed by atoms with Gasteiger partial charge in [0.25, 0.3) is 0 Å². The lowest BCUT2D eigenvalue weighted by Crippen LogP contribution is -2.62. The lowest BCUT2D eigenvalue weighted by atomic mass is 9.63. The number of nitrogens with zero attached hydrogens (tertiary/aromatic N) is 2. The smallest absolute Gasteiger partial charge is 0.123 e. The lowest BCUT2D eigenvalue weighted by molar-refractivity contribution is -0.0867. The van der Waals surface area contributed by atoms with Crippen LogP contribution in [-0.4, -0.2) is 71.9 Å². The number of benzene rings is 1. The van der Waals surface area contributed by atoms with Crippen LogP contribution in [0.5, 0.6) is 0 Å². The third-order valence-corrected chi connectivity index (χ3v) is 13.2. The maximum atomic E-state index is 7.24. The number of nitrogens with one attached hydrogen (secondary N) is 3. The molecular formula is C35H57N5OS. The monoisotopic (exact) mass is 595 g/mol. The van der Waals surface area contributed by atoms with Crippen molar-refractivity contribution in [3.8, 4) is 0 Å². The van der Waals surface area contributed by atoms with E-state index in [1.54, 1.807) is 0 Å². The summed E-state index contributed by atoms with van der Waals surface area (Å²) in [5.74, 6) is 1.45. The molecule has 6 nitrogen and oxygen atoms in total. The predicted octanol–water partition coefficient (Wildman–Crippen LogP) is 6.10. The summed E-state index contributed by atoms with van der Waals surface area (Å²) in [5.41, 5.74) is 4.89. The third-order valence-electron chi connectivity index (χ3n) is 12.1. The molecule has 0 amide bonds. The maximum Gasteiger partial charge on any atom is 0.123 e. The molecule has 6 aliphatic rings. The van der Waals surface area contributed by atoms with Gasteiger partial charge in [-0.05, 0) is 92.7 Å². The molecule has 3 N–H and O–H groups in total. The van der Waals surface area contributed by atoms with Crippen molar-refractivity contribution in [2.24, 2.45) is 17.3 Å². The molecule has 1 spiro atoms. The van der Waals surface area contributed by atoms with Gasteiger partial charge in [-0.15, -0.1) is 0 Å². The molecule has 7 heteroatoms. The Morgan fingerprint density at radius 3 is 2.43 bits per heavy atom. The van der Waals surface area contributed by atoms with E-state index in [9.17, 15) is 0 Å². The lowest BCUT2D eigenvalue weighted by Gasteiger charge is -2.51. The van der Waals surface area contributed by atoms with Crippen molar-refractivity contribution in [2.75, 3.05) is 26.2 Å². The number of hydrogen-bond acceptors (Lipinski definition) is 7. The van der Waals surface area contributed by atoms with Crippen LogP contribution in [0.3, 0.4) is 0 Å². The van der Waals surface area contributed by atoms with Crippen molar-refractivity contribution in [3.63, 3.8) is 0 Å². The van der Waals surface area contributed by atoms with Crippen LogP contribution in [0.4, 0.5) is 0 Å². The van der Waals surface area contributed by atoms with Gasteiger partial charge in [-0.1, -0.05) is 63.3 Å². The van der Waals surface area contributed by atoms with Crippen LogP contribution < -0.4 is 15.4 Å². The molecule has 0 aromatic heterocycles. The standard InChI is InChI=1S/C35H57N5OS/c1-23(2)31-22-39(27-17-35(18-27)13-5-6-14-35)20-28-21-40(31)19-26-11-8-12-29(15-26)42-38-34-36-30(16-32(37-34)41-28)33-24(3)9-7-10-25(33)4/h7,9-10,23,26-32,34,36-38H,5-6,8,11-22H2,1-4H3/t26?,28-,29?,30?,31+,32?,34?/m1/s1. The summed E-state index contributed by atoms with van der Waals surface area (Å²) in [4.78, 5) is 5.81. The summed E-state index contributed by atoms with van der Waals surface area (Å²) in [6.45, 7) is 14.1. The van der Waals surface area contributed by atoms with Crippen molar-refractivity contribution in [1.29, 1.82) is 0 Å². The zero-order chi connectivity index (χ0) is 28.8. The molecule has 234 valence electrons. The van der Waals surface area contributed by atoms with E-state index in [1.165, 1.54) is 94.0 Å². The van der Waals surface area contributed by atoms with E-state index in [-0.39, 0.29) is 24.7 Å². The second-order valence-corrected chi connectivity index (χ2v) is 16.6. The van der Waals surface area contributed by atoms with Gasteiger partial charge in [-0.25, -0.2) is 4.72 Å². The molecule has 3 heterocycles. The normalized spacial score (nSPS) is 39.6. The Bertz CT molecular complexity index is 1050. The molecule has 3 aliphatic carbocycles. The highest BCUT2D eigenvalue weighted by molar-refractivity contribution is 7.98. The van der Waals surface area contributed by atoms with E-state index in [4.69, 9.17) is 4.74 Å². The molecule has 8 atom stereocenters. The molecule has 42 heavy (non-hydrogen) atoms. The Kier molecular flexibility index (Phi) is 9.01. The van der Waals surface area contributed by atoms with E-state index >= 15 is 0 Å². The summed E-state index contributed by atoms with van der Waals surface area (Å²) in [6.07, 6.45) is 15.4. The first-order valence-electron chi connectivity index (χ1n) is 17.5. The molecule has 3 saturated carbocycles. The highest BCUT2D eigenvalue weighted by Gasteiger charge is 2.49. The summed E-state index contributed by atoms with van der Waals surface area (Å²) < 4.78 is 11.1. The molecule has 7 rings (SSSR count). The van der Waals surface area contributed by atoms with E-state index < -0.39 is 0 Å². The molecular weight excluding hydrogens is 538 g/mol. The first kappa shape index (κ1) is 30.0. The van der Waals surface area contributed by atoms with E-state index in [0.717, 1.165) is 31.5 Å². The van der Waals surface area contributed by atoms with Crippen LogP contribution in [0.25, 0.3) is 0 Å². The quantitative estimate of drug-likeness (QED) is 0.365. The SMILES string of the molecule is Cc1cccc(C)c1C1CC2NC(NSC3CCCC(C3)CN3C[C@@H](CN(C4CC5(CCCC5)C4)C[C@H]3C(C)C)O2)N1. The molecule has 6 fully saturated rings. The van der Waals surface area contributed by atoms with Gasteiger partial charge < -0.3 is 4.74 Å². The fourth-order valence-electron chi connectivity index (χ4n) is 9.87. The molecule has 6 bridgehead atoms. The Morgan fingerprint density at radius 2 is 1.67 bits per heavy atom. The Balaban J connectivity index is 1.17. The van der Waals surface area contributed by atoms with Crippen molar-refractivity contribution in [1.82, 2.24) is 25.2 Å². The van der Waals surface area contributed by atoms with Crippen LogP contribution in [0.1, 0.15) is 107 Å². The first-order chi connectivity index (χ1) is 20.3. The fraction of sp³-hybridized carbons (Fsp3) is 0.829. The molecule has 6 unspecified atom stereocenters. The number of ether oxygens (including phenoxy) is 1. The van der Waals surface area contributed by atoms with Gasteiger partial charge in [0.05, 0.1) is 6.10 Å². The van der Waals surface area contributed by atoms with Crippen LogP contribution in [0.2, 0.25) is 0 Å². The van der Waals surface area contributed by atoms with E-state index in [1.807, 2.05) is 11.9 Å². The second kappa shape index (κ2) is 12.6. The second-order valence-electron chi connectivity index (χ2n) is 15.5. The number of rotatable bonds is 3. The van der Waals surface area contributed by atoms with Crippen molar-refractivity contribution in [3.05, 3.63) is 34.9 Å². The van der Waals surface area contributed by atoms with Crippen LogP contribution in [0.15, 0.2) is 18.2 Å². The first-order valence-corrected chi connectivity index (χ1v) is 18.3. The van der Waals surface area contributed by atoms with Gasteiger partial charge in [-0.3, -0.25) is 20.4 Å². The summed E-state index contributed by atoms with van der Waals surface area (Å²) in [6, 6.07) is 8.38. The maximum absolute atomic E-state index is 7.24. The average molecular weight is 596 g/mol. The van der Waals surface area contributed by atoms with Gasteiger partial charge >= 0.3 is 0 Å². The van der Waals surface area contributed by atoms with Crippen molar-refractivity contribution in [2.45, 2.75) is 140 Å².